The molecule has 0 fully saturated rings. The van der Waals surface area contributed by atoms with E-state index in [1.54, 1.807) is 18.2 Å². The highest BCUT2D eigenvalue weighted by Gasteiger charge is 2.19. The van der Waals surface area contributed by atoms with Gasteiger partial charge in [0.25, 0.3) is 0 Å². The lowest BCUT2D eigenvalue weighted by Gasteiger charge is -2.03. The summed E-state index contributed by atoms with van der Waals surface area (Å²) in [4.78, 5) is 29.2. The molecule has 102 valence electrons. The predicted octanol–water partition coefficient (Wildman–Crippen LogP) is 4.44. The second-order valence-electron chi connectivity index (χ2n) is 4.02. The van der Waals surface area contributed by atoms with Crippen molar-refractivity contribution in [2.45, 2.75) is 0 Å². The van der Waals surface area contributed by atoms with E-state index in [0.29, 0.717) is 26.6 Å². The predicted molar refractivity (Wildman–Crippen MR) is 89.8 cm³/mol. The minimum Gasteiger partial charge on any atom is -0.306 e. The van der Waals surface area contributed by atoms with E-state index in [2.05, 4.69) is 57.8 Å². The van der Waals surface area contributed by atoms with Gasteiger partial charge < -0.3 is 9.97 Å². The third-order valence-electron chi connectivity index (χ3n) is 2.75. The van der Waals surface area contributed by atoms with Crippen molar-refractivity contribution in [2.24, 2.45) is 0 Å². The molecule has 20 heavy (non-hydrogen) atoms. The number of benzene rings is 1. The first-order chi connectivity index (χ1) is 9.45. The molecule has 2 N–H and O–H groups in total. The average molecular weight is 481 g/mol. The number of hydrogen-bond donors (Lipinski definition) is 2. The summed E-state index contributed by atoms with van der Waals surface area (Å²) in [5.74, 6) is -0.116. The van der Waals surface area contributed by atoms with Crippen LogP contribution >= 0.6 is 59.1 Å². The molecule has 0 unspecified atom stereocenters. The maximum atomic E-state index is 12.6. The number of rotatable bonds is 2. The van der Waals surface area contributed by atoms with Gasteiger partial charge >= 0.3 is 5.69 Å². The van der Waals surface area contributed by atoms with Crippen molar-refractivity contribution in [1.29, 1.82) is 0 Å². The zero-order valence-corrected chi connectivity index (χ0v) is 15.2. The van der Waals surface area contributed by atoms with Gasteiger partial charge in [0.05, 0.1) is 18.6 Å². The first-order valence-corrected chi connectivity index (χ1v) is 8.56. The van der Waals surface area contributed by atoms with E-state index in [4.69, 9.17) is 0 Å². The minimum absolute atomic E-state index is 0.116. The average Bonchev–Trinajstić information content (AvgIpc) is 2.88. The van der Waals surface area contributed by atoms with Gasteiger partial charge in [-0.15, -0.1) is 11.3 Å². The van der Waals surface area contributed by atoms with Crippen LogP contribution in [0.25, 0.3) is 11.0 Å². The molecule has 4 nitrogen and oxygen atoms in total. The van der Waals surface area contributed by atoms with Crippen molar-refractivity contribution in [3.63, 3.8) is 0 Å². The zero-order valence-electron chi connectivity index (χ0n) is 9.59. The van der Waals surface area contributed by atoms with Crippen molar-refractivity contribution in [3.05, 3.63) is 51.9 Å². The number of hydrogen-bond acceptors (Lipinski definition) is 3. The molecule has 1 aromatic carbocycles. The number of nitrogens with one attached hydrogen (secondary N) is 2. The Morgan fingerprint density at radius 3 is 2.25 bits per heavy atom. The van der Waals surface area contributed by atoms with Crippen LogP contribution in [0.4, 0.5) is 0 Å². The van der Waals surface area contributed by atoms with Gasteiger partial charge in [0.15, 0.2) is 5.78 Å². The number of halogens is 3. The summed E-state index contributed by atoms with van der Waals surface area (Å²) in [5.41, 5.74) is 2.05. The number of aromatic nitrogens is 2. The van der Waals surface area contributed by atoms with Gasteiger partial charge in [0.2, 0.25) is 0 Å². The molecule has 0 saturated carbocycles. The van der Waals surface area contributed by atoms with Crippen LogP contribution in [-0.2, 0) is 0 Å². The van der Waals surface area contributed by atoms with E-state index < -0.39 is 0 Å². The Morgan fingerprint density at radius 2 is 1.65 bits per heavy atom. The number of thiophene rings is 1. The largest absolute Gasteiger partial charge is 0.323 e. The van der Waals surface area contributed by atoms with Gasteiger partial charge in [-0.3, -0.25) is 4.79 Å². The fourth-order valence-electron chi connectivity index (χ4n) is 1.87. The Hall–Kier alpha value is -0.700. The monoisotopic (exact) mass is 478 g/mol. The van der Waals surface area contributed by atoms with E-state index in [1.807, 2.05) is 0 Å². The Balaban J connectivity index is 2.18. The second kappa shape index (κ2) is 5.25. The van der Waals surface area contributed by atoms with Crippen LogP contribution in [0.3, 0.4) is 0 Å². The molecule has 8 heteroatoms. The lowest BCUT2D eigenvalue weighted by molar-refractivity contribution is 0.103. The fraction of sp³-hybridized carbons (Fsp3) is 0. The number of ketones is 1. The van der Waals surface area contributed by atoms with Gasteiger partial charge in [0.1, 0.15) is 0 Å². The first-order valence-electron chi connectivity index (χ1n) is 5.37. The summed E-state index contributed by atoms with van der Waals surface area (Å²) in [7, 11) is 0. The van der Waals surface area contributed by atoms with Crippen LogP contribution in [-0.4, -0.2) is 15.8 Å². The Morgan fingerprint density at radius 1 is 1.00 bits per heavy atom. The molecule has 0 radical (unpaired) electrons. The van der Waals surface area contributed by atoms with Gasteiger partial charge in [-0.05, 0) is 66.0 Å². The summed E-state index contributed by atoms with van der Waals surface area (Å²) < 4.78 is 2.28. The number of imidazole rings is 1. The number of fused-ring (bicyclic) bond motifs is 1. The summed E-state index contributed by atoms with van der Waals surface area (Å²) in [6.45, 7) is 0. The lowest BCUT2D eigenvalue weighted by atomic mass is 10.1. The zero-order chi connectivity index (χ0) is 14.4. The molecule has 0 amide bonds. The molecular formula is C12H5Br3N2O2S. The molecule has 0 aliphatic carbocycles. The van der Waals surface area contributed by atoms with Crippen LogP contribution < -0.4 is 5.69 Å². The molecule has 0 aliphatic heterocycles. The molecule has 0 aliphatic rings. The lowest BCUT2D eigenvalue weighted by Crippen LogP contribution is -2.01. The Labute approximate surface area is 142 Å². The Kier molecular flexibility index (Phi) is 3.74. The highest BCUT2D eigenvalue weighted by molar-refractivity contribution is 9.12. The van der Waals surface area contributed by atoms with Crippen LogP contribution in [0.2, 0.25) is 0 Å². The number of aromatic amines is 2. The highest BCUT2D eigenvalue weighted by Crippen LogP contribution is 2.34. The molecule has 2 heterocycles. The van der Waals surface area contributed by atoms with Crippen molar-refractivity contribution < 1.29 is 4.79 Å². The van der Waals surface area contributed by atoms with Crippen LogP contribution in [0.5, 0.6) is 0 Å². The molecular weight excluding hydrogens is 476 g/mol. The maximum absolute atomic E-state index is 12.6. The fourth-order valence-corrected chi connectivity index (χ4v) is 5.19. The molecule has 0 spiro atoms. The van der Waals surface area contributed by atoms with Gasteiger partial charge in [-0.1, -0.05) is 0 Å². The van der Waals surface area contributed by atoms with E-state index in [1.165, 1.54) is 11.3 Å². The second-order valence-corrected chi connectivity index (χ2v) is 8.63. The van der Waals surface area contributed by atoms with Crippen molar-refractivity contribution in [3.8, 4) is 0 Å². The van der Waals surface area contributed by atoms with Crippen molar-refractivity contribution >= 4 is 75.9 Å². The smallest absolute Gasteiger partial charge is 0.306 e. The number of carbonyl (C=O) groups is 1. The van der Waals surface area contributed by atoms with Crippen LogP contribution in [0.15, 0.2) is 35.0 Å². The standard InChI is InChI=1S/C12H5Br3N2O2S/c13-6-3-8-7(16-12(19)17-8)1-4(6)10(18)5-2-9(14)20-11(5)15/h1-3H,(H2,16,17,19). The van der Waals surface area contributed by atoms with Gasteiger partial charge in [0, 0.05) is 15.6 Å². The normalized spacial score (nSPS) is 11.2. The molecule has 2 aromatic heterocycles. The molecule has 0 atom stereocenters. The number of carbonyl (C=O) groups excluding carboxylic acids is 1. The minimum atomic E-state index is -0.295. The topological polar surface area (TPSA) is 65.7 Å². The third-order valence-corrected chi connectivity index (χ3v) is 5.74. The van der Waals surface area contributed by atoms with Gasteiger partial charge in [-0.25, -0.2) is 4.79 Å². The van der Waals surface area contributed by atoms with Crippen LogP contribution in [0, 0.1) is 0 Å². The third kappa shape index (κ3) is 2.45. The SMILES string of the molecule is O=C(c1cc2[nH]c(=O)[nH]c2cc1Br)c1cc(Br)sc1Br. The molecule has 0 saturated heterocycles. The van der Waals surface area contributed by atoms with E-state index in [9.17, 15) is 9.59 Å². The summed E-state index contributed by atoms with van der Waals surface area (Å²) in [6, 6.07) is 5.15. The first kappa shape index (κ1) is 14.2. The molecule has 0 bridgehead atoms. The summed E-state index contributed by atoms with van der Waals surface area (Å²) in [6.07, 6.45) is 0. The summed E-state index contributed by atoms with van der Waals surface area (Å²) >= 11 is 11.6. The quantitative estimate of drug-likeness (QED) is 0.533. The summed E-state index contributed by atoms with van der Waals surface area (Å²) in [5, 5.41) is 0. The van der Waals surface area contributed by atoms with E-state index in [0.717, 1.165) is 7.57 Å². The highest BCUT2D eigenvalue weighted by atomic mass is 79.9. The van der Waals surface area contributed by atoms with Crippen molar-refractivity contribution in [1.82, 2.24) is 9.97 Å². The Bertz CT molecular complexity index is 894. The van der Waals surface area contributed by atoms with E-state index >= 15 is 0 Å². The van der Waals surface area contributed by atoms with Crippen molar-refractivity contribution in [2.75, 3.05) is 0 Å². The van der Waals surface area contributed by atoms with Gasteiger partial charge in [-0.2, -0.15) is 0 Å². The molecule has 3 rings (SSSR count). The van der Waals surface area contributed by atoms with Crippen LogP contribution in [0.1, 0.15) is 15.9 Å². The number of H-pyrrole nitrogens is 2. The van der Waals surface area contributed by atoms with E-state index in [-0.39, 0.29) is 11.5 Å². The maximum Gasteiger partial charge on any atom is 0.323 e. The molecule has 3 aromatic rings.